The Balaban J connectivity index is 0.000000606. The number of aryl methyl sites for hydroxylation is 1. The second kappa shape index (κ2) is 4.86. The molecule has 0 saturated heterocycles. The van der Waals surface area contributed by atoms with Gasteiger partial charge in [-0.3, -0.25) is 4.68 Å². The summed E-state index contributed by atoms with van der Waals surface area (Å²) in [5, 5.41) is 6.53. The minimum absolute atomic E-state index is 0.346. The highest BCUT2D eigenvalue weighted by atomic mass is 19.4. The van der Waals surface area contributed by atoms with Crippen molar-refractivity contribution in [2.24, 2.45) is 7.05 Å². The van der Waals surface area contributed by atoms with Crippen LogP contribution in [-0.2, 0) is 26.2 Å². The van der Waals surface area contributed by atoms with Gasteiger partial charge in [0.2, 0.25) is 0 Å². The number of aromatic nitrogens is 2. The predicted molar refractivity (Wildman–Crippen MR) is 55.0 cm³/mol. The average molecular weight is 235 g/mol. The first-order chi connectivity index (χ1) is 7.50. The maximum atomic E-state index is 12.5. The van der Waals surface area contributed by atoms with Crippen molar-refractivity contribution in [2.75, 3.05) is 6.54 Å². The van der Waals surface area contributed by atoms with Gasteiger partial charge in [-0.05, 0) is 13.0 Å². The van der Waals surface area contributed by atoms with Gasteiger partial charge in [-0.1, -0.05) is 13.8 Å². The molecule has 1 aliphatic heterocycles. The van der Waals surface area contributed by atoms with Crippen molar-refractivity contribution in [1.82, 2.24) is 15.1 Å². The Bertz CT molecular complexity index is 355. The molecule has 0 atom stereocenters. The first kappa shape index (κ1) is 13.0. The highest BCUT2D eigenvalue weighted by Crippen LogP contribution is 2.33. The summed E-state index contributed by atoms with van der Waals surface area (Å²) in [5.41, 5.74) is 0.263. The third kappa shape index (κ3) is 2.37. The lowest BCUT2D eigenvalue weighted by atomic mass is 10.1. The van der Waals surface area contributed by atoms with Gasteiger partial charge in [-0.15, -0.1) is 0 Å². The first-order valence-electron chi connectivity index (χ1n) is 5.33. The van der Waals surface area contributed by atoms with Gasteiger partial charge >= 0.3 is 6.18 Å². The lowest BCUT2D eigenvalue weighted by molar-refractivity contribution is -0.142. The van der Waals surface area contributed by atoms with E-state index >= 15 is 0 Å². The maximum Gasteiger partial charge on any atom is 0.435 e. The van der Waals surface area contributed by atoms with E-state index in [1.165, 1.54) is 4.68 Å². The Morgan fingerprint density at radius 3 is 2.50 bits per heavy atom. The van der Waals surface area contributed by atoms with Crippen LogP contribution in [0.3, 0.4) is 0 Å². The van der Waals surface area contributed by atoms with E-state index in [9.17, 15) is 13.2 Å². The van der Waals surface area contributed by atoms with Gasteiger partial charge < -0.3 is 5.32 Å². The zero-order valence-corrected chi connectivity index (χ0v) is 9.65. The van der Waals surface area contributed by atoms with Crippen LogP contribution < -0.4 is 5.32 Å². The summed E-state index contributed by atoms with van der Waals surface area (Å²) in [6, 6.07) is 0. The number of rotatable bonds is 0. The Morgan fingerprint density at radius 1 is 1.31 bits per heavy atom. The molecule has 3 nitrogen and oxygen atoms in total. The molecule has 0 radical (unpaired) electrons. The average Bonchev–Trinajstić information content (AvgIpc) is 2.60. The summed E-state index contributed by atoms with van der Waals surface area (Å²) >= 11 is 0. The van der Waals surface area contributed by atoms with E-state index in [1.54, 1.807) is 7.05 Å². The molecular weight excluding hydrogens is 219 g/mol. The number of fused-ring (bicyclic) bond motifs is 1. The largest absolute Gasteiger partial charge is 0.435 e. The number of hydrogen-bond acceptors (Lipinski definition) is 2. The van der Waals surface area contributed by atoms with Crippen LogP contribution in [0, 0.1) is 0 Å². The second-order valence-electron chi connectivity index (χ2n) is 3.32. The van der Waals surface area contributed by atoms with Crippen molar-refractivity contribution < 1.29 is 13.2 Å². The van der Waals surface area contributed by atoms with Crippen molar-refractivity contribution >= 4 is 0 Å². The van der Waals surface area contributed by atoms with Crippen molar-refractivity contribution in [3.63, 3.8) is 0 Å². The van der Waals surface area contributed by atoms with Gasteiger partial charge in [0.05, 0.1) is 5.69 Å². The minimum Gasteiger partial charge on any atom is -0.311 e. The van der Waals surface area contributed by atoms with E-state index in [0.29, 0.717) is 30.8 Å². The van der Waals surface area contributed by atoms with Gasteiger partial charge in [0.25, 0.3) is 0 Å². The fourth-order valence-electron chi connectivity index (χ4n) is 1.73. The van der Waals surface area contributed by atoms with Crippen LogP contribution in [0.5, 0.6) is 0 Å². The Morgan fingerprint density at radius 2 is 1.94 bits per heavy atom. The number of nitrogens with zero attached hydrogens (tertiary/aromatic N) is 2. The molecule has 1 aliphatic rings. The molecule has 0 aromatic carbocycles. The molecule has 2 heterocycles. The number of halogens is 3. The quantitative estimate of drug-likeness (QED) is 0.746. The summed E-state index contributed by atoms with van der Waals surface area (Å²) in [5.74, 6) is 0. The number of alkyl halides is 3. The number of hydrogen-bond donors (Lipinski definition) is 1. The van der Waals surface area contributed by atoms with Crippen LogP contribution in [-0.4, -0.2) is 16.3 Å². The summed E-state index contributed by atoms with van der Waals surface area (Å²) in [6.07, 6.45) is -3.93. The molecule has 0 aliphatic carbocycles. The Kier molecular flexibility index (Phi) is 3.96. The highest BCUT2D eigenvalue weighted by molar-refractivity contribution is 5.30. The van der Waals surface area contributed by atoms with Crippen LogP contribution in [0.2, 0.25) is 0 Å². The molecule has 0 fully saturated rings. The van der Waals surface area contributed by atoms with Crippen molar-refractivity contribution in [3.8, 4) is 0 Å². The normalized spacial score (nSPS) is 15.1. The predicted octanol–water partition coefficient (Wildman–Crippen LogP) is 2.11. The molecule has 0 saturated carbocycles. The van der Waals surface area contributed by atoms with E-state index in [-0.39, 0.29) is 0 Å². The fraction of sp³-hybridized carbons (Fsp3) is 0.700. The van der Waals surface area contributed by atoms with Crippen LogP contribution in [0.25, 0.3) is 0 Å². The van der Waals surface area contributed by atoms with Gasteiger partial charge in [0, 0.05) is 19.2 Å². The molecule has 1 aromatic heterocycles. The van der Waals surface area contributed by atoms with E-state index < -0.39 is 11.9 Å². The molecule has 2 rings (SSSR count). The second-order valence-corrected chi connectivity index (χ2v) is 3.32. The molecule has 0 bridgehead atoms. The molecule has 0 unspecified atom stereocenters. The van der Waals surface area contributed by atoms with Crippen LogP contribution in [0.4, 0.5) is 13.2 Å². The fourth-order valence-corrected chi connectivity index (χ4v) is 1.73. The van der Waals surface area contributed by atoms with Gasteiger partial charge in [0.1, 0.15) is 0 Å². The summed E-state index contributed by atoms with van der Waals surface area (Å²) in [7, 11) is 1.54. The van der Waals surface area contributed by atoms with Crippen molar-refractivity contribution in [1.29, 1.82) is 0 Å². The molecule has 1 aromatic rings. The van der Waals surface area contributed by atoms with Crippen molar-refractivity contribution in [2.45, 2.75) is 33.0 Å². The summed E-state index contributed by atoms with van der Waals surface area (Å²) < 4.78 is 38.8. The minimum atomic E-state index is -4.33. The number of nitrogens with one attached hydrogen (secondary N) is 1. The third-order valence-corrected chi connectivity index (χ3v) is 2.39. The van der Waals surface area contributed by atoms with E-state index in [2.05, 4.69) is 10.4 Å². The lowest BCUT2D eigenvalue weighted by Crippen LogP contribution is -2.25. The first-order valence-corrected chi connectivity index (χ1v) is 5.33. The molecule has 92 valence electrons. The zero-order valence-electron chi connectivity index (χ0n) is 9.65. The van der Waals surface area contributed by atoms with E-state index in [4.69, 9.17) is 0 Å². The molecular formula is C10H16F3N3. The van der Waals surface area contributed by atoms with Crippen molar-refractivity contribution in [3.05, 3.63) is 17.0 Å². The Labute approximate surface area is 92.6 Å². The van der Waals surface area contributed by atoms with E-state index in [1.807, 2.05) is 13.8 Å². The van der Waals surface area contributed by atoms with Gasteiger partial charge in [-0.2, -0.15) is 18.3 Å². The molecule has 0 amide bonds. The Hall–Kier alpha value is -1.04. The van der Waals surface area contributed by atoms with Gasteiger partial charge in [0.15, 0.2) is 5.69 Å². The third-order valence-electron chi connectivity index (χ3n) is 2.39. The smallest absolute Gasteiger partial charge is 0.311 e. The SMILES string of the molecule is CC.Cn1nc(C(F)(F)F)c2c1CNCC2. The zero-order chi connectivity index (χ0) is 12.3. The molecule has 0 spiro atoms. The molecule has 16 heavy (non-hydrogen) atoms. The topological polar surface area (TPSA) is 29.9 Å². The standard InChI is InChI=1S/C8H10F3N3.C2H6/c1-14-6-4-12-3-2-5(6)7(13-14)8(9,10)11;1-2/h12H,2-4H2,1H3;1-2H3. The van der Waals surface area contributed by atoms with Crippen LogP contribution >= 0.6 is 0 Å². The molecule has 1 N–H and O–H groups in total. The van der Waals surface area contributed by atoms with Crippen LogP contribution in [0.1, 0.15) is 30.8 Å². The monoisotopic (exact) mass is 235 g/mol. The summed E-state index contributed by atoms with van der Waals surface area (Å²) in [4.78, 5) is 0. The van der Waals surface area contributed by atoms with Gasteiger partial charge in [-0.25, -0.2) is 0 Å². The highest BCUT2D eigenvalue weighted by Gasteiger charge is 2.38. The lowest BCUT2D eigenvalue weighted by Gasteiger charge is -2.14. The summed E-state index contributed by atoms with van der Waals surface area (Å²) in [6.45, 7) is 5.05. The van der Waals surface area contributed by atoms with Crippen LogP contribution in [0.15, 0.2) is 0 Å². The molecule has 6 heteroatoms. The maximum absolute atomic E-state index is 12.5. The van der Waals surface area contributed by atoms with E-state index in [0.717, 1.165) is 0 Å².